The fourth-order valence-electron chi connectivity index (χ4n) is 16.8. The highest BCUT2D eigenvalue weighted by Crippen LogP contribution is 2.64. The van der Waals surface area contributed by atoms with Gasteiger partial charge in [0.15, 0.2) is 0 Å². The summed E-state index contributed by atoms with van der Waals surface area (Å²) in [6.07, 6.45) is 0. The molecule has 12 aromatic carbocycles. The monoisotopic (exact) mass is 1120 g/mol. The van der Waals surface area contributed by atoms with Crippen molar-refractivity contribution in [1.82, 2.24) is 0 Å². The van der Waals surface area contributed by atoms with Crippen molar-refractivity contribution in [2.75, 3.05) is 9.80 Å². The molecule has 0 unspecified atom stereocenters. The molecule has 0 saturated heterocycles. The van der Waals surface area contributed by atoms with Crippen LogP contribution in [0.15, 0.2) is 249 Å². The topological polar surface area (TPSA) is 6.48 Å². The first-order valence-electron chi connectivity index (χ1n) is 31.1. The predicted molar refractivity (Wildman–Crippen MR) is 364 cm³/mol. The van der Waals surface area contributed by atoms with E-state index in [2.05, 4.69) is 321 Å². The molecule has 17 rings (SSSR count). The maximum Gasteiger partial charge on any atom is 0.0726 e. The van der Waals surface area contributed by atoms with Crippen molar-refractivity contribution in [3.63, 3.8) is 0 Å². The Kier molecular flexibility index (Phi) is 10.8. The third-order valence-electron chi connectivity index (χ3n) is 21.1. The summed E-state index contributed by atoms with van der Waals surface area (Å²) in [5, 5.41) is 0. The lowest BCUT2D eigenvalue weighted by atomic mass is 9.70. The highest BCUT2D eigenvalue weighted by molar-refractivity contribution is 5.97. The van der Waals surface area contributed by atoms with Crippen molar-refractivity contribution in [2.24, 2.45) is 0 Å². The molecule has 0 fully saturated rings. The average Bonchev–Trinajstić information content (AvgIpc) is 1.52. The molecular formula is C85H68N2. The molecule has 87 heavy (non-hydrogen) atoms. The van der Waals surface area contributed by atoms with Crippen LogP contribution in [0, 0.1) is 20.8 Å². The van der Waals surface area contributed by atoms with E-state index in [-0.39, 0.29) is 16.2 Å². The zero-order chi connectivity index (χ0) is 59.0. The van der Waals surface area contributed by atoms with Gasteiger partial charge in [-0.1, -0.05) is 229 Å². The zero-order valence-electron chi connectivity index (χ0n) is 51.1. The highest BCUT2D eigenvalue weighted by Gasteiger charge is 2.52. The molecule has 418 valence electrons. The van der Waals surface area contributed by atoms with Gasteiger partial charge < -0.3 is 9.80 Å². The molecule has 0 bridgehead atoms. The van der Waals surface area contributed by atoms with E-state index in [0.717, 1.165) is 34.1 Å². The molecule has 0 heterocycles. The van der Waals surface area contributed by atoms with E-state index < -0.39 is 5.41 Å². The minimum absolute atomic E-state index is 0.107. The van der Waals surface area contributed by atoms with Crippen molar-refractivity contribution in [3.05, 3.63) is 321 Å². The van der Waals surface area contributed by atoms with E-state index in [4.69, 9.17) is 0 Å². The van der Waals surface area contributed by atoms with Gasteiger partial charge in [-0.2, -0.15) is 0 Å². The van der Waals surface area contributed by atoms with Crippen LogP contribution < -0.4 is 9.80 Å². The van der Waals surface area contributed by atoms with E-state index in [1.807, 2.05) is 0 Å². The Hall–Kier alpha value is -9.76. The molecule has 1 spiro atoms. The van der Waals surface area contributed by atoms with Crippen LogP contribution in [0.1, 0.15) is 114 Å². The molecule has 0 aromatic heterocycles. The van der Waals surface area contributed by atoms with Crippen LogP contribution in [-0.2, 0) is 21.7 Å². The molecule has 0 atom stereocenters. The van der Waals surface area contributed by atoms with Crippen molar-refractivity contribution >= 4 is 34.1 Å². The normalized spacial score (nSPS) is 15.3. The maximum absolute atomic E-state index is 2.52. The zero-order valence-corrected chi connectivity index (χ0v) is 51.1. The first kappa shape index (κ1) is 51.6. The van der Waals surface area contributed by atoms with Crippen LogP contribution >= 0.6 is 0 Å². The van der Waals surface area contributed by atoms with Gasteiger partial charge >= 0.3 is 0 Å². The Morgan fingerprint density at radius 1 is 0.218 bits per heavy atom. The number of hydrogen-bond donors (Lipinski definition) is 0. The number of fused-ring (bicyclic) bond motifs is 19. The van der Waals surface area contributed by atoms with Gasteiger partial charge in [-0.05, 0) is 222 Å². The van der Waals surface area contributed by atoms with E-state index >= 15 is 0 Å². The Morgan fingerprint density at radius 3 is 1.01 bits per heavy atom. The number of rotatable bonds is 7. The number of aryl methyl sites for hydroxylation is 3. The van der Waals surface area contributed by atoms with E-state index in [9.17, 15) is 0 Å². The van der Waals surface area contributed by atoms with Crippen LogP contribution in [0.3, 0.4) is 0 Å². The molecule has 0 aliphatic heterocycles. The molecule has 5 aliphatic carbocycles. The number of anilines is 6. The third kappa shape index (κ3) is 7.10. The van der Waals surface area contributed by atoms with E-state index in [0.29, 0.717) is 0 Å². The Labute approximate surface area is 512 Å². The second-order valence-electron chi connectivity index (χ2n) is 27.0. The summed E-state index contributed by atoms with van der Waals surface area (Å²) in [6.45, 7) is 21.0. The fourth-order valence-corrected chi connectivity index (χ4v) is 16.8. The van der Waals surface area contributed by atoms with Crippen molar-refractivity contribution in [1.29, 1.82) is 0 Å². The maximum atomic E-state index is 2.52. The molecule has 2 nitrogen and oxygen atoms in total. The van der Waals surface area contributed by atoms with Gasteiger partial charge in [-0.3, -0.25) is 0 Å². The smallest absolute Gasteiger partial charge is 0.0726 e. The quantitative estimate of drug-likeness (QED) is 0.157. The Bertz CT molecular complexity index is 4770. The van der Waals surface area contributed by atoms with Gasteiger partial charge in [-0.15, -0.1) is 0 Å². The highest BCUT2D eigenvalue weighted by atomic mass is 15.1. The number of nitrogens with zero attached hydrogens (tertiary/aromatic N) is 2. The summed E-state index contributed by atoms with van der Waals surface area (Å²) in [5.41, 5.74) is 39.0. The Morgan fingerprint density at radius 2 is 0.529 bits per heavy atom. The number of hydrogen-bond acceptors (Lipinski definition) is 2. The van der Waals surface area contributed by atoms with Crippen LogP contribution in [0.4, 0.5) is 34.1 Å². The average molecular weight is 1120 g/mol. The van der Waals surface area contributed by atoms with E-state index in [1.165, 1.54) is 139 Å². The largest absolute Gasteiger partial charge is 0.310 e. The molecule has 0 N–H and O–H groups in total. The fraction of sp³-hybridized carbons (Fsp3) is 0.153. The lowest BCUT2D eigenvalue weighted by Crippen LogP contribution is -2.26. The summed E-state index contributed by atoms with van der Waals surface area (Å²) < 4.78 is 0. The van der Waals surface area contributed by atoms with Gasteiger partial charge in [0.1, 0.15) is 0 Å². The molecule has 0 amide bonds. The summed E-state index contributed by atoms with van der Waals surface area (Å²) in [5.74, 6) is 0. The molecule has 5 aliphatic rings. The van der Waals surface area contributed by atoms with Gasteiger partial charge in [0.2, 0.25) is 0 Å². The van der Waals surface area contributed by atoms with E-state index in [1.54, 1.807) is 0 Å². The first-order chi connectivity index (χ1) is 42.1. The van der Waals surface area contributed by atoms with Gasteiger partial charge in [0.25, 0.3) is 0 Å². The summed E-state index contributed by atoms with van der Waals surface area (Å²) in [6, 6.07) is 95.6. The van der Waals surface area contributed by atoms with Crippen molar-refractivity contribution in [3.8, 4) is 66.8 Å². The van der Waals surface area contributed by atoms with Crippen LogP contribution in [-0.4, -0.2) is 0 Å². The minimum Gasteiger partial charge on any atom is -0.310 e. The van der Waals surface area contributed by atoms with Crippen molar-refractivity contribution in [2.45, 2.75) is 84.0 Å². The van der Waals surface area contributed by atoms with Gasteiger partial charge in [0, 0.05) is 50.4 Å². The lowest BCUT2D eigenvalue weighted by molar-refractivity contribution is 0.659. The van der Waals surface area contributed by atoms with Crippen LogP contribution in [0.5, 0.6) is 0 Å². The molecule has 2 heteroatoms. The summed E-state index contributed by atoms with van der Waals surface area (Å²) in [7, 11) is 0. The molecule has 0 radical (unpaired) electrons. The van der Waals surface area contributed by atoms with Gasteiger partial charge in [-0.25, -0.2) is 0 Å². The van der Waals surface area contributed by atoms with Gasteiger partial charge in [0.05, 0.1) is 5.41 Å². The summed E-state index contributed by atoms with van der Waals surface area (Å²) in [4.78, 5) is 5.01. The van der Waals surface area contributed by atoms with Crippen LogP contribution in [0.25, 0.3) is 66.8 Å². The first-order valence-corrected chi connectivity index (χ1v) is 31.1. The molecule has 0 saturated carbocycles. The second-order valence-corrected chi connectivity index (χ2v) is 27.0. The second kappa shape index (κ2) is 18.1. The summed E-state index contributed by atoms with van der Waals surface area (Å²) >= 11 is 0. The third-order valence-corrected chi connectivity index (χ3v) is 21.1. The SMILES string of the molecule is Cc1ccc2c(c1)C(C)(C)c1cc(N(c3ccc(-c4ccc(N(c5ccc6c(c5)-c5ccccc5C6(C)C)c5ccc6c(c5)C5(c7ccccc7-c7ccccc75)c5ccccc5-6)cc4)c(C)c3)c3ccc4c(c3)C(C)(C)c3cc(C)ccc3-4)ccc1-2. The van der Waals surface area contributed by atoms with Crippen LogP contribution in [0.2, 0.25) is 0 Å². The molecule has 12 aromatic rings. The Balaban J connectivity index is 0.795. The molecular weight excluding hydrogens is 1050 g/mol. The standard InChI is InChI=1S/C85H68N2/c1-51-26-37-66-68-40-33-58(48-79(68)83(6,7)77(66)44-51)87(59-34-41-69-67-38-27-52(2)45-78(67)84(8,9)80(69)49-59)56-32-39-61(53(3)46-56)54-28-30-55(31-29-54)86(57-36-43-73-71(47-57)65-21-10-14-22-72(65)82(73,4)5)60-35-42-70-64-20-13-17-25-76(64)85(81(70)50-60)74-23-15-11-18-62(74)63-19-12-16-24-75(63)85/h10-50H,1-9H3. The number of benzene rings is 12. The predicted octanol–water partition coefficient (Wildman–Crippen LogP) is 22.5. The minimum atomic E-state index is -0.463. The lowest BCUT2D eigenvalue weighted by Gasteiger charge is -2.32. The van der Waals surface area contributed by atoms with Crippen molar-refractivity contribution < 1.29 is 0 Å².